The summed E-state index contributed by atoms with van der Waals surface area (Å²) in [6.07, 6.45) is -5.04. The Balaban J connectivity index is 1.83. The number of nitrogens with zero attached hydrogens (tertiary/aromatic N) is 2. The maximum atomic E-state index is 13.5. The first-order chi connectivity index (χ1) is 15.6. The van der Waals surface area contributed by atoms with Gasteiger partial charge in [0.15, 0.2) is 0 Å². The monoisotopic (exact) mass is 483 g/mol. The molecular weight excluding hydrogens is 463 g/mol. The molecule has 11 heteroatoms. The number of hydrogen-bond acceptors (Lipinski definition) is 7. The molecule has 0 atom stereocenters. The van der Waals surface area contributed by atoms with Gasteiger partial charge in [0.05, 0.1) is 30.3 Å². The van der Waals surface area contributed by atoms with Gasteiger partial charge in [0.25, 0.3) is 5.89 Å². The summed E-state index contributed by atoms with van der Waals surface area (Å²) in [5, 5.41) is 7.08. The van der Waals surface area contributed by atoms with Gasteiger partial charge in [-0.3, -0.25) is 4.79 Å². The summed E-state index contributed by atoms with van der Waals surface area (Å²) in [6.45, 7) is 3.70. The van der Waals surface area contributed by atoms with Crippen LogP contribution >= 0.6 is 11.6 Å². The molecule has 0 amide bonds. The average Bonchev–Trinajstić information content (AvgIpc) is 3.22. The zero-order valence-corrected chi connectivity index (χ0v) is 18.8. The summed E-state index contributed by atoms with van der Waals surface area (Å²) in [4.78, 5) is 15.4. The summed E-state index contributed by atoms with van der Waals surface area (Å²) < 4.78 is 55.6. The molecule has 1 aromatic heterocycles. The molecule has 3 rings (SSSR count). The van der Waals surface area contributed by atoms with E-state index in [4.69, 9.17) is 20.9 Å². The third-order valence-electron chi connectivity index (χ3n) is 4.42. The number of alkyl halides is 3. The summed E-state index contributed by atoms with van der Waals surface area (Å²) >= 11 is 6.34. The molecule has 0 fully saturated rings. The summed E-state index contributed by atoms with van der Waals surface area (Å²) in [7, 11) is 1.30. The summed E-state index contributed by atoms with van der Waals surface area (Å²) in [5.41, 5.74) is 0.401. The number of rotatable bonds is 8. The van der Waals surface area contributed by atoms with Crippen LogP contribution in [-0.4, -0.2) is 35.9 Å². The standard InChI is InChI=1S/C22H21ClF3N3O4/c1-12(2)32-18-7-5-14(9-16(18)22(24,25)26)21-28-20(29-33-21)15-6-4-13(8-17(15)23)10-27-11-19(30)31-3/h4-9,12,27H,10-11H2,1-3H3. The van der Waals surface area contributed by atoms with E-state index in [1.165, 1.54) is 19.2 Å². The van der Waals surface area contributed by atoms with Crippen LogP contribution in [0.15, 0.2) is 40.9 Å². The zero-order valence-electron chi connectivity index (χ0n) is 18.0. The Morgan fingerprint density at radius 1 is 1.21 bits per heavy atom. The molecule has 0 saturated carbocycles. The van der Waals surface area contributed by atoms with E-state index < -0.39 is 23.8 Å². The third kappa shape index (κ3) is 6.23. The van der Waals surface area contributed by atoms with Gasteiger partial charge in [0, 0.05) is 17.7 Å². The fourth-order valence-electron chi connectivity index (χ4n) is 2.92. The molecule has 3 aromatic rings. The van der Waals surface area contributed by atoms with Crippen molar-refractivity contribution in [3.8, 4) is 28.6 Å². The minimum absolute atomic E-state index is 0.0466. The minimum Gasteiger partial charge on any atom is -0.490 e. The Kier molecular flexibility index (Phi) is 7.60. The topological polar surface area (TPSA) is 86.5 Å². The van der Waals surface area contributed by atoms with E-state index in [1.807, 2.05) is 0 Å². The lowest BCUT2D eigenvalue weighted by molar-refractivity contribution is -0.140. The number of hydrogen-bond donors (Lipinski definition) is 1. The van der Waals surface area contributed by atoms with E-state index in [-0.39, 0.29) is 29.6 Å². The van der Waals surface area contributed by atoms with Gasteiger partial charge in [-0.05, 0) is 49.7 Å². The lowest BCUT2D eigenvalue weighted by atomic mass is 10.1. The Hall–Kier alpha value is -3.11. The number of aromatic nitrogens is 2. The van der Waals surface area contributed by atoms with E-state index in [9.17, 15) is 18.0 Å². The first-order valence-electron chi connectivity index (χ1n) is 9.86. The van der Waals surface area contributed by atoms with Gasteiger partial charge in [0.1, 0.15) is 5.75 Å². The van der Waals surface area contributed by atoms with Crippen molar-refractivity contribution < 1.29 is 32.0 Å². The molecular formula is C22H21ClF3N3O4. The highest BCUT2D eigenvalue weighted by atomic mass is 35.5. The first-order valence-corrected chi connectivity index (χ1v) is 10.2. The predicted molar refractivity (Wildman–Crippen MR) is 115 cm³/mol. The van der Waals surface area contributed by atoms with E-state index in [1.54, 1.807) is 32.0 Å². The van der Waals surface area contributed by atoms with Crippen LogP contribution in [0.25, 0.3) is 22.8 Å². The van der Waals surface area contributed by atoms with Gasteiger partial charge >= 0.3 is 12.1 Å². The highest BCUT2D eigenvalue weighted by molar-refractivity contribution is 6.33. The van der Waals surface area contributed by atoms with Crippen molar-refractivity contribution in [3.63, 3.8) is 0 Å². The predicted octanol–water partition coefficient (Wildman–Crippen LogP) is 5.13. The van der Waals surface area contributed by atoms with Crippen LogP contribution in [-0.2, 0) is 22.3 Å². The van der Waals surface area contributed by atoms with Crippen molar-refractivity contribution in [1.82, 2.24) is 15.5 Å². The largest absolute Gasteiger partial charge is 0.490 e. The molecule has 176 valence electrons. The Morgan fingerprint density at radius 3 is 2.61 bits per heavy atom. The fourth-order valence-corrected chi connectivity index (χ4v) is 3.21. The molecule has 0 aliphatic heterocycles. The molecule has 0 spiro atoms. The van der Waals surface area contributed by atoms with Crippen LogP contribution in [0.3, 0.4) is 0 Å². The molecule has 0 saturated heterocycles. The second-order valence-electron chi connectivity index (χ2n) is 7.29. The molecule has 7 nitrogen and oxygen atoms in total. The van der Waals surface area contributed by atoms with Crippen molar-refractivity contribution in [2.45, 2.75) is 32.7 Å². The SMILES string of the molecule is COC(=O)CNCc1ccc(-c2noc(-c3ccc(OC(C)C)c(C(F)(F)F)c3)n2)c(Cl)c1. The van der Waals surface area contributed by atoms with Crippen LogP contribution < -0.4 is 10.1 Å². The maximum Gasteiger partial charge on any atom is 0.419 e. The molecule has 0 radical (unpaired) electrons. The lowest BCUT2D eigenvalue weighted by Gasteiger charge is -2.16. The Morgan fingerprint density at radius 2 is 1.97 bits per heavy atom. The molecule has 1 heterocycles. The highest BCUT2D eigenvalue weighted by Crippen LogP contribution is 2.39. The van der Waals surface area contributed by atoms with Gasteiger partial charge in [-0.2, -0.15) is 18.2 Å². The number of carbonyl (C=O) groups excluding carboxylic acids is 1. The number of halogens is 4. The van der Waals surface area contributed by atoms with Crippen LogP contribution in [0, 0.1) is 0 Å². The van der Waals surface area contributed by atoms with Crippen LogP contribution in [0.2, 0.25) is 5.02 Å². The number of carbonyl (C=O) groups is 1. The molecule has 0 aliphatic carbocycles. The van der Waals surface area contributed by atoms with Gasteiger partial charge in [-0.1, -0.05) is 22.8 Å². The lowest BCUT2D eigenvalue weighted by Crippen LogP contribution is -2.23. The van der Waals surface area contributed by atoms with E-state index in [0.717, 1.165) is 11.6 Å². The van der Waals surface area contributed by atoms with Gasteiger partial charge < -0.3 is 19.3 Å². The van der Waals surface area contributed by atoms with Crippen molar-refractivity contribution in [2.75, 3.05) is 13.7 Å². The van der Waals surface area contributed by atoms with E-state index in [2.05, 4.69) is 20.2 Å². The fraction of sp³-hybridized carbons (Fsp3) is 0.318. The Bertz CT molecular complexity index is 1130. The number of benzene rings is 2. The second-order valence-corrected chi connectivity index (χ2v) is 7.70. The molecule has 1 N–H and O–H groups in total. The first kappa shape index (κ1) is 24.5. The molecule has 0 aliphatic rings. The van der Waals surface area contributed by atoms with Crippen LogP contribution in [0.4, 0.5) is 13.2 Å². The van der Waals surface area contributed by atoms with E-state index in [0.29, 0.717) is 17.1 Å². The van der Waals surface area contributed by atoms with Crippen molar-refractivity contribution in [2.24, 2.45) is 0 Å². The third-order valence-corrected chi connectivity index (χ3v) is 4.73. The van der Waals surface area contributed by atoms with Gasteiger partial charge in [-0.25, -0.2) is 0 Å². The van der Waals surface area contributed by atoms with E-state index >= 15 is 0 Å². The number of nitrogens with one attached hydrogen (secondary N) is 1. The Labute approximate surface area is 192 Å². The quantitative estimate of drug-likeness (QED) is 0.445. The van der Waals surface area contributed by atoms with Gasteiger partial charge in [-0.15, -0.1) is 0 Å². The zero-order chi connectivity index (χ0) is 24.2. The number of esters is 1. The van der Waals surface area contributed by atoms with Crippen molar-refractivity contribution in [1.29, 1.82) is 0 Å². The normalized spacial score (nSPS) is 11.6. The van der Waals surface area contributed by atoms with Crippen molar-refractivity contribution in [3.05, 3.63) is 52.5 Å². The average molecular weight is 484 g/mol. The molecule has 33 heavy (non-hydrogen) atoms. The second kappa shape index (κ2) is 10.2. The number of methoxy groups -OCH3 is 1. The number of ether oxygens (including phenoxy) is 2. The molecule has 2 aromatic carbocycles. The summed E-state index contributed by atoms with van der Waals surface area (Å²) in [6, 6.07) is 8.63. The molecule has 0 bridgehead atoms. The van der Waals surface area contributed by atoms with Crippen LogP contribution in [0.1, 0.15) is 25.0 Å². The minimum atomic E-state index is -4.62. The van der Waals surface area contributed by atoms with Gasteiger partial charge in [0.2, 0.25) is 5.82 Å². The van der Waals surface area contributed by atoms with Crippen molar-refractivity contribution >= 4 is 17.6 Å². The highest BCUT2D eigenvalue weighted by Gasteiger charge is 2.35. The van der Waals surface area contributed by atoms with Crippen LogP contribution in [0.5, 0.6) is 5.75 Å². The maximum absolute atomic E-state index is 13.5. The summed E-state index contributed by atoms with van der Waals surface area (Å²) in [5.74, 6) is -0.637. The smallest absolute Gasteiger partial charge is 0.419 e. The molecule has 0 unspecified atom stereocenters.